The molecule has 4 rings (SSSR count). The smallest absolute Gasteiger partial charge is 0.390 e. The number of benzene rings is 1. The number of halogens is 2. The third-order valence-electron chi connectivity index (χ3n) is 4.94. The Balaban J connectivity index is 1.33. The second-order valence-electron chi connectivity index (χ2n) is 6.99. The van der Waals surface area contributed by atoms with E-state index in [4.69, 9.17) is 23.2 Å². The highest BCUT2D eigenvalue weighted by Gasteiger charge is 2.24. The second kappa shape index (κ2) is 9.00. The van der Waals surface area contributed by atoms with Crippen LogP contribution in [0.25, 0.3) is 0 Å². The summed E-state index contributed by atoms with van der Waals surface area (Å²) in [5.74, 6) is -0.654. The summed E-state index contributed by atoms with van der Waals surface area (Å²) in [6.45, 7) is 3.24. The summed E-state index contributed by atoms with van der Waals surface area (Å²) in [5, 5.41) is 19.9. The summed E-state index contributed by atoms with van der Waals surface area (Å²) in [6.07, 6.45) is 2.86. The lowest BCUT2D eigenvalue weighted by Gasteiger charge is -2.34. The molecule has 1 saturated heterocycles. The van der Waals surface area contributed by atoms with Crippen LogP contribution in [0.1, 0.15) is 16.1 Å². The van der Waals surface area contributed by atoms with E-state index in [2.05, 4.69) is 20.1 Å². The summed E-state index contributed by atoms with van der Waals surface area (Å²) in [6, 6.07) is 7.06. The van der Waals surface area contributed by atoms with Crippen molar-refractivity contribution in [3.05, 3.63) is 68.2 Å². The average molecular weight is 465 g/mol. The summed E-state index contributed by atoms with van der Waals surface area (Å²) in [7, 11) is 0. The van der Waals surface area contributed by atoms with E-state index in [1.807, 2.05) is 18.2 Å². The molecule has 0 N–H and O–H groups in total. The lowest BCUT2D eigenvalue weighted by molar-refractivity contribution is -0.394. The molecule has 13 heteroatoms. The predicted octanol–water partition coefficient (Wildman–Crippen LogP) is 2.15. The fourth-order valence-corrected chi connectivity index (χ4v) is 3.83. The summed E-state index contributed by atoms with van der Waals surface area (Å²) >= 11 is 12.5. The summed E-state index contributed by atoms with van der Waals surface area (Å²) < 4.78 is 2.75. The van der Waals surface area contributed by atoms with Gasteiger partial charge in [0, 0.05) is 59.6 Å². The Hall–Kier alpha value is -3.02. The number of aromatic nitrogens is 5. The normalized spacial score (nSPS) is 14.7. The molecule has 3 heterocycles. The Labute approximate surface area is 186 Å². The number of carbonyl (C=O) groups is 1. The van der Waals surface area contributed by atoms with Gasteiger partial charge < -0.3 is 15.0 Å². The van der Waals surface area contributed by atoms with Gasteiger partial charge in [0.1, 0.15) is 5.69 Å². The van der Waals surface area contributed by atoms with Crippen molar-refractivity contribution < 1.29 is 9.72 Å². The van der Waals surface area contributed by atoms with E-state index in [0.29, 0.717) is 48.5 Å². The van der Waals surface area contributed by atoms with Gasteiger partial charge in [0.2, 0.25) is 6.33 Å². The number of nitrogens with zero attached hydrogens (tertiary/aromatic N) is 8. The van der Waals surface area contributed by atoms with Crippen LogP contribution in [0.3, 0.4) is 0 Å². The molecule has 0 unspecified atom stereocenters. The monoisotopic (exact) mass is 464 g/mol. The Bertz CT molecular complexity index is 1090. The summed E-state index contributed by atoms with van der Waals surface area (Å²) in [5.41, 5.74) is 1.19. The first-order chi connectivity index (χ1) is 14.9. The molecule has 1 aliphatic heterocycles. The van der Waals surface area contributed by atoms with Gasteiger partial charge in [0.25, 0.3) is 5.91 Å². The lowest BCUT2D eigenvalue weighted by Crippen LogP contribution is -2.48. The van der Waals surface area contributed by atoms with Gasteiger partial charge in [-0.15, -0.1) is 0 Å². The van der Waals surface area contributed by atoms with E-state index >= 15 is 0 Å². The van der Waals surface area contributed by atoms with Gasteiger partial charge in [-0.1, -0.05) is 34.3 Å². The first kappa shape index (κ1) is 21.2. The molecular weight excluding hydrogens is 447 g/mol. The van der Waals surface area contributed by atoms with E-state index in [0.717, 1.165) is 5.56 Å². The molecule has 0 aliphatic carbocycles. The minimum absolute atomic E-state index is 0.112. The number of rotatable bonds is 6. The number of amides is 1. The molecule has 1 aliphatic rings. The molecule has 1 aromatic carbocycles. The van der Waals surface area contributed by atoms with Crippen molar-refractivity contribution in [3.8, 4) is 0 Å². The molecule has 31 heavy (non-hydrogen) atoms. The summed E-state index contributed by atoms with van der Waals surface area (Å²) in [4.78, 5) is 30.3. The van der Waals surface area contributed by atoms with Crippen LogP contribution in [0.5, 0.6) is 0 Å². The quantitative estimate of drug-likeness (QED) is 0.405. The highest BCUT2D eigenvalue weighted by Crippen LogP contribution is 2.26. The van der Waals surface area contributed by atoms with Crippen molar-refractivity contribution in [3.63, 3.8) is 0 Å². The van der Waals surface area contributed by atoms with Crippen LogP contribution in [0.4, 0.5) is 5.95 Å². The largest absolute Gasteiger partial charge is 0.491 e. The van der Waals surface area contributed by atoms with E-state index in [-0.39, 0.29) is 12.6 Å². The predicted molar refractivity (Wildman–Crippen MR) is 112 cm³/mol. The molecule has 1 fully saturated rings. The topological polar surface area (TPSA) is 115 Å². The van der Waals surface area contributed by atoms with E-state index in [9.17, 15) is 14.9 Å². The van der Waals surface area contributed by atoms with Crippen LogP contribution in [-0.4, -0.2) is 71.4 Å². The van der Waals surface area contributed by atoms with Crippen LogP contribution in [0.2, 0.25) is 10.0 Å². The number of hydrogen-bond acceptors (Lipinski definition) is 7. The Morgan fingerprint density at radius 2 is 1.77 bits per heavy atom. The molecule has 0 bridgehead atoms. The van der Waals surface area contributed by atoms with Crippen LogP contribution < -0.4 is 0 Å². The molecule has 162 valence electrons. The number of hydrogen-bond donors (Lipinski definition) is 0. The molecule has 3 aromatic rings. The maximum atomic E-state index is 12.8. The SMILES string of the molecule is O=C(c1ccn(Cn2cnc([N+](=O)[O-])n2)n1)N1CCN(Cc2c(Cl)cccc2Cl)CC1. The fraction of sp³-hybridized carbons (Fsp3) is 0.333. The second-order valence-corrected chi connectivity index (χ2v) is 7.81. The first-order valence-electron chi connectivity index (χ1n) is 9.42. The van der Waals surface area contributed by atoms with Gasteiger partial charge in [-0.2, -0.15) is 9.78 Å². The van der Waals surface area contributed by atoms with Crippen LogP contribution in [0.15, 0.2) is 36.8 Å². The van der Waals surface area contributed by atoms with Gasteiger partial charge in [-0.25, -0.2) is 4.68 Å². The Kier molecular flexibility index (Phi) is 6.16. The Morgan fingerprint density at radius 3 is 2.42 bits per heavy atom. The molecule has 0 atom stereocenters. The Morgan fingerprint density at radius 1 is 1.06 bits per heavy atom. The highest BCUT2D eigenvalue weighted by atomic mass is 35.5. The standard InChI is InChI=1S/C18H18Cl2N8O3/c19-14-2-1-3-15(20)13(14)10-24-6-8-25(9-7-24)17(29)16-4-5-26(22-16)12-27-11-21-18(23-27)28(30)31/h1-5,11H,6-10,12H2. The number of piperazine rings is 1. The van der Waals surface area contributed by atoms with Crippen molar-refractivity contribution in [1.82, 2.24) is 34.3 Å². The highest BCUT2D eigenvalue weighted by molar-refractivity contribution is 6.35. The molecule has 0 spiro atoms. The maximum absolute atomic E-state index is 12.8. The van der Waals surface area contributed by atoms with Crippen molar-refractivity contribution in [2.45, 2.75) is 13.2 Å². The fourth-order valence-electron chi connectivity index (χ4n) is 3.32. The first-order valence-corrected chi connectivity index (χ1v) is 10.2. The van der Waals surface area contributed by atoms with Gasteiger partial charge in [0.05, 0.1) is 0 Å². The minimum Gasteiger partial charge on any atom is -0.390 e. The molecule has 0 radical (unpaired) electrons. The third kappa shape index (κ3) is 4.84. The molecule has 11 nitrogen and oxygen atoms in total. The van der Waals surface area contributed by atoms with Crippen LogP contribution in [-0.2, 0) is 13.2 Å². The van der Waals surface area contributed by atoms with Crippen molar-refractivity contribution in [2.24, 2.45) is 0 Å². The van der Waals surface area contributed by atoms with E-state index in [1.165, 1.54) is 15.7 Å². The molecular formula is C18H18Cl2N8O3. The maximum Gasteiger partial charge on any atom is 0.491 e. The average Bonchev–Trinajstić information content (AvgIpc) is 3.41. The van der Waals surface area contributed by atoms with Crippen LogP contribution >= 0.6 is 23.2 Å². The molecule has 1 amide bonds. The van der Waals surface area contributed by atoms with Gasteiger partial charge in [0.15, 0.2) is 6.67 Å². The van der Waals surface area contributed by atoms with Crippen LogP contribution in [0, 0.1) is 10.1 Å². The van der Waals surface area contributed by atoms with Gasteiger partial charge >= 0.3 is 5.95 Å². The zero-order chi connectivity index (χ0) is 22.0. The van der Waals surface area contributed by atoms with E-state index < -0.39 is 10.9 Å². The number of carbonyl (C=O) groups excluding carboxylic acids is 1. The third-order valence-corrected chi connectivity index (χ3v) is 5.65. The zero-order valence-corrected chi connectivity index (χ0v) is 17.8. The van der Waals surface area contributed by atoms with Gasteiger partial charge in [-0.3, -0.25) is 9.69 Å². The molecule has 0 saturated carbocycles. The van der Waals surface area contributed by atoms with Crippen molar-refractivity contribution >= 4 is 35.1 Å². The van der Waals surface area contributed by atoms with Crippen molar-refractivity contribution in [2.75, 3.05) is 26.2 Å². The van der Waals surface area contributed by atoms with Crippen molar-refractivity contribution in [1.29, 1.82) is 0 Å². The van der Waals surface area contributed by atoms with Gasteiger partial charge in [-0.05, 0) is 23.1 Å². The van der Waals surface area contributed by atoms with E-state index in [1.54, 1.807) is 17.2 Å². The molecule has 2 aromatic heterocycles. The minimum atomic E-state index is -0.673. The lowest BCUT2D eigenvalue weighted by atomic mass is 10.2. The number of nitro groups is 1. The zero-order valence-electron chi connectivity index (χ0n) is 16.3.